The second kappa shape index (κ2) is 11.9. The summed E-state index contributed by atoms with van der Waals surface area (Å²) in [7, 11) is 2.20. The molecular weight excluding hydrogens is 462 g/mol. The summed E-state index contributed by atoms with van der Waals surface area (Å²) in [5.41, 5.74) is 0. The van der Waals surface area contributed by atoms with Crippen LogP contribution in [0.3, 0.4) is 0 Å². The molecule has 2 fully saturated rings. The number of aliphatic hydroxyl groups excluding tert-OH is 2. The molecule has 0 amide bonds. The lowest BCUT2D eigenvalue weighted by molar-refractivity contribution is -0.316. The molecule has 194 valence electrons. The predicted molar refractivity (Wildman–Crippen MR) is 107 cm³/mol. The summed E-state index contributed by atoms with van der Waals surface area (Å²) >= 11 is 0. The van der Waals surface area contributed by atoms with Gasteiger partial charge >= 0.3 is 23.9 Å². The van der Waals surface area contributed by atoms with Crippen LogP contribution in [0.1, 0.15) is 27.2 Å². The van der Waals surface area contributed by atoms with Gasteiger partial charge < -0.3 is 38.6 Å². The van der Waals surface area contributed by atoms with Crippen LogP contribution in [-0.4, -0.2) is 97.3 Å². The van der Waals surface area contributed by atoms with Crippen LogP contribution in [0.15, 0.2) is 0 Å². The summed E-state index contributed by atoms with van der Waals surface area (Å²) in [6.45, 7) is 3.73. The Kier molecular flexibility index (Phi) is 9.73. The Labute approximate surface area is 195 Å². The molecule has 0 spiro atoms. The van der Waals surface area contributed by atoms with Crippen LogP contribution in [0.4, 0.5) is 0 Å². The molecule has 10 atom stereocenters. The van der Waals surface area contributed by atoms with E-state index in [0.717, 1.165) is 28.1 Å². The molecule has 14 nitrogen and oxygen atoms in total. The Hall–Kier alpha value is -2.36. The van der Waals surface area contributed by atoms with E-state index in [1.807, 2.05) is 0 Å². The van der Waals surface area contributed by atoms with E-state index >= 15 is 0 Å². The number of esters is 4. The maximum absolute atomic E-state index is 12.4. The number of nitrogens with two attached hydrogens (primary N) is 1. The molecule has 0 aromatic heterocycles. The average Bonchev–Trinajstić information content (AvgIpc) is 2.78. The van der Waals surface area contributed by atoms with Crippen molar-refractivity contribution >= 4 is 23.9 Å². The number of carbonyl (C=O) groups excluding carboxylic acids is 4. The number of hydrogen-bond donors (Lipinski definition) is 3. The Morgan fingerprint density at radius 3 is 1.94 bits per heavy atom. The van der Waals surface area contributed by atoms with Crippen molar-refractivity contribution in [1.82, 2.24) is 0 Å². The standard InChI is InChI=1S/C20H31NO13/c1-7-14(30-8(2)22)16(31-9(3)23)17(19(27)29-5)33-20(7)32-15-12(24)10(18(26)28-4)6-11(34-21)13(15)25/h7,10-17,20,24-25H,6,21H2,1-5H3/t7-,10+,11-,12-,13+,14-,15+,16+,17?,20-/m1/s1. The molecule has 14 heteroatoms. The van der Waals surface area contributed by atoms with Gasteiger partial charge in [-0.25, -0.2) is 10.7 Å². The van der Waals surface area contributed by atoms with E-state index in [-0.39, 0.29) is 6.42 Å². The van der Waals surface area contributed by atoms with Gasteiger partial charge in [0.15, 0.2) is 18.5 Å². The average molecular weight is 493 g/mol. The first-order valence-corrected chi connectivity index (χ1v) is 10.5. The summed E-state index contributed by atoms with van der Waals surface area (Å²) < 4.78 is 31.4. The summed E-state index contributed by atoms with van der Waals surface area (Å²) in [5.74, 6) is -0.0449. The molecule has 0 radical (unpaired) electrons. The second-order valence-corrected chi connectivity index (χ2v) is 8.08. The fourth-order valence-corrected chi connectivity index (χ4v) is 4.13. The quantitative estimate of drug-likeness (QED) is 0.199. The van der Waals surface area contributed by atoms with Crippen molar-refractivity contribution in [1.29, 1.82) is 0 Å². The molecule has 1 unspecified atom stereocenters. The van der Waals surface area contributed by atoms with Crippen molar-refractivity contribution in [2.75, 3.05) is 14.2 Å². The molecule has 2 rings (SSSR count). The van der Waals surface area contributed by atoms with E-state index in [0.29, 0.717) is 0 Å². The largest absolute Gasteiger partial charge is 0.469 e. The maximum Gasteiger partial charge on any atom is 0.339 e. The smallest absolute Gasteiger partial charge is 0.339 e. The van der Waals surface area contributed by atoms with Crippen LogP contribution in [0.25, 0.3) is 0 Å². The number of rotatable bonds is 7. The molecule has 0 aromatic carbocycles. The van der Waals surface area contributed by atoms with Gasteiger partial charge in [0.2, 0.25) is 0 Å². The summed E-state index contributed by atoms with van der Waals surface area (Å²) in [4.78, 5) is 52.7. The van der Waals surface area contributed by atoms with Crippen molar-refractivity contribution in [2.24, 2.45) is 17.7 Å². The van der Waals surface area contributed by atoms with Crippen molar-refractivity contribution in [3.8, 4) is 0 Å². The first-order chi connectivity index (χ1) is 16.0. The molecule has 0 bridgehead atoms. The molecular formula is C20H31NO13. The molecule has 1 saturated heterocycles. The Morgan fingerprint density at radius 1 is 0.882 bits per heavy atom. The van der Waals surface area contributed by atoms with Gasteiger partial charge in [0, 0.05) is 19.8 Å². The number of methoxy groups -OCH3 is 2. The minimum atomic E-state index is -1.57. The summed E-state index contributed by atoms with van der Waals surface area (Å²) in [6, 6.07) is 0. The fourth-order valence-electron chi connectivity index (χ4n) is 4.13. The molecule has 4 N–H and O–H groups in total. The van der Waals surface area contributed by atoms with Crippen LogP contribution in [0.2, 0.25) is 0 Å². The normalized spacial score (nSPS) is 37.9. The van der Waals surface area contributed by atoms with Gasteiger partial charge in [-0.1, -0.05) is 6.92 Å². The maximum atomic E-state index is 12.4. The predicted octanol–water partition coefficient (Wildman–Crippen LogP) is -2.06. The Morgan fingerprint density at radius 2 is 1.44 bits per heavy atom. The van der Waals surface area contributed by atoms with Gasteiger partial charge in [-0.2, -0.15) is 0 Å². The molecule has 1 aliphatic carbocycles. The fraction of sp³-hybridized carbons (Fsp3) is 0.800. The van der Waals surface area contributed by atoms with Gasteiger partial charge in [0.25, 0.3) is 0 Å². The SMILES string of the molecule is COC(=O)C1O[C@@H](O[C@@H]2[C@@H](O)[C@H](ON)C[C@H](C(=O)OC)[C@H]2O)[C@H](C)[C@@H](OC(C)=O)[C@@H]1OC(C)=O. The number of ether oxygens (including phenoxy) is 6. The summed E-state index contributed by atoms with van der Waals surface area (Å²) in [6.07, 6.45) is -11.4. The van der Waals surface area contributed by atoms with Crippen LogP contribution >= 0.6 is 0 Å². The highest BCUT2D eigenvalue weighted by Gasteiger charge is 2.55. The monoisotopic (exact) mass is 493 g/mol. The molecule has 0 aromatic rings. The molecule has 1 aliphatic heterocycles. The highest BCUT2D eigenvalue weighted by atomic mass is 16.7. The highest BCUT2D eigenvalue weighted by molar-refractivity contribution is 5.77. The zero-order chi connectivity index (χ0) is 25.7. The minimum absolute atomic E-state index is 0.151. The van der Waals surface area contributed by atoms with E-state index in [2.05, 4.69) is 0 Å². The molecule has 2 aliphatic rings. The van der Waals surface area contributed by atoms with E-state index in [9.17, 15) is 29.4 Å². The van der Waals surface area contributed by atoms with Gasteiger partial charge in [-0.3, -0.25) is 19.2 Å². The van der Waals surface area contributed by atoms with Gasteiger partial charge in [0.1, 0.15) is 24.4 Å². The highest BCUT2D eigenvalue weighted by Crippen LogP contribution is 2.36. The molecule has 34 heavy (non-hydrogen) atoms. The summed E-state index contributed by atoms with van der Waals surface area (Å²) in [5, 5.41) is 21.4. The van der Waals surface area contributed by atoms with Crippen LogP contribution in [0.5, 0.6) is 0 Å². The third-order valence-corrected chi connectivity index (χ3v) is 5.81. The van der Waals surface area contributed by atoms with Crippen LogP contribution in [-0.2, 0) is 52.4 Å². The lowest BCUT2D eigenvalue weighted by Crippen LogP contribution is -2.63. The van der Waals surface area contributed by atoms with Gasteiger partial charge in [0.05, 0.1) is 26.2 Å². The van der Waals surface area contributed by atoms with E-state index in [4.69, 9.17) is 39.2 Å². The topological polar surface area (TPSA) is 199 Å². The first kappa shape index (κ1) is 27.9. The zero-order valence-corrected chi connectivity index (χ0v) is 19.4. The van der Waals surface area contributed by atoms with Crippen molar-refractivity contribution in [3.63, 3.8) is 0 Å². The second-order valence-electron chi connectivity index (χ2n) is 8.08. The van der Waals surface area contributed by atoms with Crippen molar-refractivity contribution in [2.45, 2.75) is 76.2 Å². The van der Waals surface area contributed by atoms with Crippen LogP contribution < -0.4 is 5.90 Å². The third-order valence-electron chi connectivity index (χ3n) is 5.81. The van der Waals surface area contributed by atoms with Gasteiger partial charge in [-0.15, -0.1) is 0 Å². The van der Waals surface area contributed by atoms with E-state index < -0.39 is 84.7 Å². The van der Waals surface area contributed by atoms with E-state index in [1.165, 1.54) is 6.92 Å². The zero-order valence-electron chi connectivity index (χ0n) is 19.4. The lowest BCUT2D eigenvalue weighted by Gasteiger charge is -2.46. The molecule has 1 saturated carbocycles. The van der Waals surface area contributed by atoms with Crippen molar-refractivity contribution < 1.29 is 62.6 Å². The minimum Gasteiger partial charge on any atom is -0.469 e. The number of carbonyl (C=O) groups is 4. The lowest BCUT2D eigenvalue weighted by atomic mass is 9.80. The molecule has 1 heterocycles. The Balaban J connectivity index is 2.39. The third kappa shape index (κ3) is 6.00. The first-order valence-electron chi connectivity index (χ1n) is 10.5. The van der Waals surface area contributed by atoms with Gasteiger partial charge in [-0.05, 0) is 6.42 Å². The number of hydrogen-bond acceptors (Lipinski definition) is 14. The number of aliphatic hydroxyl groups is 2. The van der Waals surface area contributed by atoms with E-state index in [1.54, 1.807) is 0 Å². The van der Waals surface area contributed by atoms with Crippen molar-refractivity contribution in [3.05, 3.63) is 0 Å². The van der Waals surface area contributed by atoms with Crippen LogP contribution in [0, 0.1) is 11.8 Å². The Bertz CT molecular complexity index is 761.